The lowest BCUT2D eigenvalue weighted by atomic mass is 9.89. The van der Waals surface area contributed by atoms with Gasteiger partial charge < -0.3 is 15.4 Å². The van der Waals surface area contributed by atoms with Crippen LogP contribution in [0.1, 0.15) is 32.1 Å². The van der Waals surface area contributed by atoms with Gasteiger partial charge in [0.1, 0.15) is 9.96 Å². The predicted molar refractivity (Wildman–Crippen MR) is 124 cm³/mol. The van der Waals surface area contributed by atoms with E-state index in [1.807, 2.05) is 0 Å². The second-order valence-electron chi connectivity index (χ2n) is 7.66. The number of anilines is 1. The molecule has 0 aliphatic heterocycles. The van der Waals surface area contributed by atoms with Crippen LogP contribution in [0.4, 0.5) is 5.69 Å². The molecule has 1 aromatic heterocycles. The third-order valence-corrected chi connectivity index (χ3v) is 8.56. The third kappa shape index (κ3) is 6.46. The lowest BCUT2D eigenvalue weighted by molar-refractivity contribution is -0.126. The van der Waals surface area contributed by atoms with Crippen LogP contribution in [0.15, 0.2) is 46.0 Å². The summed E-state index contributed by atoms with van der Waals surface area (Å²) in [5.41, 5.74) is 0.490. The standard InChI is InChI=1S/C22H29N3O5S2/c1-25(32(28,29)21-8-5-15-31-21)18-9-11-19(12-10-18)30-16-20(26)23-13-14-24-22(27)17-6-3-2-4-7-17/h5,8-12,15,17H,2-4,6-7,13-14,16H2,1H3,(H,23,26)(H,24,27). The molecule has 10 heteroatoms. The van der Waals surface area contributed by atoms with Crippen LogP contribution in [0.2, 0.25) is 0 Å². The van der Waals surface area contributed by atoms with E-state index in [9.17, 15) is 18.0 Å². The maximum absolute atomic E-state index is 12.6. The van der Waals surface area contributed by atoms with Crippen molar-refractivity contribution in [1.29, 1.82) is 0 Å². The van der Waals surface area contributed by atoms with Gasteiger partial charge >= 0.3 is 0 Å². The van der Waals surface area contributed by atoms with Crippen LogP contribution in [0.5, 0.6) is 5.75 Å². The van der Waals surface area contributed by atoms with Crippen molar-refractivity contribution in [3.8, 4) is 5.75 Å². The molecule has 8 nitrogen and oxygen atoms in total. The van der Waals surface area contributed by atoms with E-state index in [-0.39, 0.29) is 28.5 Å². The Morgan fingerprint density at radius 2 is 1.75 bits per heavy atom. The summed E-state index contributed by atoms with van der Waals surface area (Å²) in [6.07, 6.45) is 5.30. The van der Waals surface area contributed by atoms with E-state index >= 15 is 0 Å². The van der Waals surface area contributed by atoms with Crippen molar-refractivity contribution in [2.75, 3.05) is 31.0 Å². The second kappa shape index (κ2) is 11.3. The molecule has 0 atom stereocenters. The molecule has 2 amide bonds. The number of ether oxygens (including phenoxy) is 1. The summed E-state index contributed by atoms with van der Waals surface area (Å²) >= 11 is 1.16. The van der Waals surface area contributed by atoms with Crippen LogP contribution >= 0.6 is 11.3 Å². The van der Waals surface area contributed by atoms with Gasteiger partial charge in [-0.05, 0) is 48.6 Å². The number of benzene rings is 1. The normalized spacial score (nSPS) is 14.5. The lowest BCUT2D eigenvalue weighted by Gasteiger charge is -2.20. The Bertz CT molecular complexity index is 985. The number of hydrogen-bond acceptors (Lipinski definition) is 6. The molecule has 174 valence electrons. The van der Waals surface area contributed by atoms with Crippen molar-refractivity contribution in [2.24, 2.45) is 5.92 Å². The van der Waals surface area contributed by atoms with Gasteiger partial charge in [0.05, 0.1) is 5.69 Å². The summed E-state index contributed by atoms with van der Waals surface area (Å²) in [5, 5.41) is 7.30. The summed E-state index contributed by atoms with van der Waals surface area (Å²) < 4.78 is 32.1. The number of carbonyl (C=O) groups is 2. The largest absolute Gasteiger partial charge is 0.484 e. The topological polar surface area (TPSA) is 105 Å². The number of carbonyl (C=O) groups excluding carboxylic acids is 2. The zero-order chi connectivity index (χ0) is 23.0. The first-order valence-corrected chi connectivity index (χ1v) is 13.0. The molecule has 0 bridgehead atoms. The monoisotopic (exact) mass is 479 g/mol. The molecule has 2 N–H and O–H groups in total. The van der Waals surface area contributed by atoms with Crippen molar-refractivity contribution in [3.63, 3.8) is 0 Å². The number of nitrogens with zero attached hydrogens (tertiary/aromatic N) is 1. The van der Waals surface area contributed by atoms with E-state index in [0.29, 0.717) is 24.5 Å². The molecule has 2 aromatic rings. The zero-order valence-corrected chi connectivity index (χ0v) is 19.7. The van der Waals surface area contributed by atoms with E-state index in [1.165, 1.54) is 17.8 Å². The fraction of sp³-hybridized carbons (Fsp3) is 0.455. The summed E-state index contributed by atoms with van der Waals surface area (Å²) in [6.45, 7) is 0.561. The number of thiophene rings is 1. The fourth-order valence-electron chi connectivity index (χ4n) is 3.53. The second-order valence-corrected chi connectivity index (χ2v) is 10.8. The van der Waals surface area contributed by atoms with Gasteiger partial charge in [0.15, 0.2) is 6.61 Å². The third-order valence-electron chi connectivity index (χ3n) is 5.40. The van der Waals surface area contributed by atoms with Crippen LogP contribution in [-0.2, 0) is 19.6 Å². The SMILES string of the molecule is CN(c1ccc(OCC(=O)NCCNC(=O)C2CCCCC2)cc1)S(=O)(=O)c1cccs1. The van der Waals surface area contributed by atoms with Gasteiger partial charge in [0.25, 0.3) is 15.9 Å². The molecule has 3 rings (SSSR count). The number of rotatable bonds is 10. The van der Waals surface area contributed by atoms with Gasteiger partial charge in [-0.15, -0.1) is 11.3 Å². The Balaban J connectivity index is 1.38. The molecule has 0 saturated heterocycles. The summed E-state index contributed by atoms with van der Waals surface area (Å²) in [5.74, 6) is 0.334. The van der Waals surface area contributed by atoms with Crippen LogP contribution in [-0.4, -0.2) is 47.0 Å². The molecule has 0 radical (unpaired) electrons. The summed E-state index contributed by atoms with van der Waals surface area (Å²) in [6, 6.07) is 9.74. The maximum atomic E-state index is 12.6. The number of nitrogens with one attached hydrogen (secondary N) is 2. The molecular weight excluding hydrogens is 450 g/mol. The number of hydrogen-bond donors (Lipinski definition) is 2. The van der Waals surface area contributed by atoms with Crippen molar-refractivity contribution in [1.82, 2.24) is 10.6 Å². The minimum Gasteiger partial charge on any atom is -0.484 e. The highest BCUT2D eigenvalue weighted by molar-refractivity contribution is 7.94. The average molecular weight is 480 g/mol. The molecule has 1 heterocycles. The molecule has 0 unspecified atom stereocenters. The molecule has 1 fully saturated rings. The average Bonchev–Trinajstić information content (AvgIpc) is 3.37. The highest BCUT2D eigenvalue weighted by Crippen LogP contribution is 2.26. The van der Waals surface area contributed by atoms with Gasteiger partial charge in [0.2, 0.25) is 5.91 Å². The van der Waals surface area contributed by atoms with Gasteiger partial charge in [0, 0.05) is 26.1 Å². The molecule has 0 spiro atoms. The van der Waals surface area contributed by atoms with Crippen LogP contribution in [0, 0.1) is 5.92 Å². The summed E-state index contributed by atoms with van der Waals surface area (Å²) in [7, 11) is -2.11. The van der Waals surface area contributed by atoms with Crippen molar-refractivity contribution < 1.29 is 22.7 Å². The Kier molecular flexibility index (Phi) is 8.52. The minimum absolute atomic E-state index is 0.0707. The van der Waals surface area contributed by atoms with E-state index in [2.05, 4.69) is 10.6 Å². The van der Waals surface area contributed by atoms with Crippen LogP contribution in [0.25, 0.3) is 0 Å². The Hall–Kier alpha value is -2.59. The first-order chi connectivity index (χ1) is 15.4. The Morgan fingerprint density at radius 1 is 1.06 bits per heavy atom. The van der Waals surface area contributed by atoms with Gasteiger partial charge in [-0.2, -0.15) is 0 Å². The van der Waals surface area contributed by atoms with E-state index in [4.69, 9.17) is 4.74 Å². The minimum atomic E-state index is -3.60. The van der Waals surface area contributed by atoms with Gasteiger partial charge in [-0.1, -0.05) is 25.3 Å². The predicted octanol–water partition coefficient (Wildman–Crippen LogP) is 2.76. The van der Waals surface area contributed by atoms with Crippen molar-refractivity contribution in [3.05, 3.63) is 41.8 Å². The fourth-order valence-corrected chi connectivity index (χ4v) is 5.89. The number of amides is 2. The first-order valence-electron chi connectivity index (χ1n) is 10.7. The molecule has 1 saturated carbocycles. The lowest BCUT2D eigenvalue weighted by Crippen LogP contribution is -2.39. The van der Waals surface area contributed by atoms with E-state index in [0.717, 1.165) is 37.0 Å². The number of sulfonamides is 1. The van der Waals surface area contributed by atoms with E-state index < -0.39 is 10.0 Å². The van der Waals surface area contributed by atoms with Crippen LogP contribution < -0.4 is 19.7 Å². The van der Waals surface area contributed by atoms with Gasteiger partial charge in [-0.25, -0.2) is 8.42 Å². The van der Waals surface area contributed by atoms with Crippen LogP contribution in [0.3, 0.4) is 0 Å². The zero-order valence-electron chi connectivity index (χ0n) is 18.1. The van der Waals surface area contributed by atoms with Gasteiger partial charge in [-0.3, -0.25) is 13.9 Å². The quantitative estimate of drug-likeness (QED) is 0.510. The molecule has 1 aromatic carbocycles. The first kappa shape index (κ1) is 24.1. The van der Waals surface area contributed by atoms with Crippen molar-refractivity contribution >= 4 is 38.9 Å². The smallest absolute Gasteiger partial charge is 0.273 e. The summed E-state index contributed by atoms with van der Waals surface area (Å²) in [4.78, 5) is 24.0. The van der Waals surface area contributed by atoms with Crippen molar-refractivity contribution in [2.45, 2.75) is 36.3 Å². The molecule has 32 heavy (non-hydrogen) atoms. The Labute approximate surface area is 193 Å². The molecular formula is C22H29N3O5S2. The Morgan fingerprint density at radius 3 is 2.41 bits per heavy atom. The molecule has 1 aliphatic carbocycles. The van der Waals surface area contributed by atoms with E-state index in [1.54, 1.807) is 41.8 Å². The highest BCUT2D eigenvalue weighted by atomic mass is 32.2. The highest BCUT2D eigenvalue weighted by Gasteiger charge is 2.22. The maximum Gasteiger partial charge on any atom is 0.273 e. The molecule has 1 aliphatic rings.